The van der Waals surface area contributed by atoms with Crippen molar-refractivity contribution >= 4 is 11.1 Å². The molecule has 1 aromatic carbocycles. The van der Waals surface area contributed by atoms with E-state index >= 15 is 0 Å². The van der Waals surface area contributed by atoms with E-state index in [-0.39, 0.29) is 5.82 Å². The summed E-state index contributed by atoms with van der Waals surface area (Å²) in [5.41, 5.74) is 1.25. The molecule has 2 aromatic rings. The number of nitrogens with zero attached hydrogens (tertiary/aromatic N) is 1. The van der Waals surface area contributed by atoms with Crippen molar-refractivity contribution in [1.82, 2.24) is 10.3 Å². The Morgan fingerprint density at radius 1 is 1.44 bits per heavy atom. The summed E-state index contributed by atoms with van der Waals surface area (Å²) in [6, 6.07) is 5.10. The first kappa shape index (κ1) is 9.78. The molecule has 1 aromatic heterocycles. The van der Waals surface area contributed by atoms with Gasteiger partial charge in [-0.2, -0.15) is 0 Å². The van der Waals surface area contributed by atoms with Crippen LogP contribution in [0.2, 0.25) is 0 Å². The second-order valence-corrected chi connectivity index (χ2v) is 4.20. The molecule has 0 amide bonds. The Bertz CT molecular complexity index is 505. The summed E-state index contributed by atoms with van der Waals surface area (Å²) >= 11 is 0. The zero-order valence-corrected chi connectivity index (χ0v) is 8.87. The molecule has 0 radical (unpaired) electrons. The van der Waals surface area contributed by atoms with Crippen LogP contribution in [0.4, 0.5) is 4.39 Å². The van der Waals surface area contributed by atoms with Crippen molar-refractivity contribution < 1.29 is 8.81 Å². The van der Waals surface area contributed by atoms with E-state index in [1.54, 1.807) is 6.07 Å². The first-order valence-electron chi connectivity index (χ1n) is 5.59. The summed E-state index contributed by atoms with van der Waals surface area (Å²) in [5, 5.41) is 3.39. The van der Waals surface area contributed by atoms with E-state index in [0.717, 1.165) is 13.0 Å². The molecule has 4 heteroatoms. The van der Waals surface area contributed by atoms with Crippen LogP contribution in [0, 0.1) is 5.82 Å². The van der Waals surface area contributed by atoms with Crippen LogP contribution in [0.15, 0.2) is 22.6 Å². The van der Waals surface area contributed by atoms with Crippen molar-refractivity contribution in [2.45, 2.75) is 25.3 Å². The van der Waals surface area contributed by atoms with Gasteiger partial charge in [-0.05, 0) is 25.0 Å². The lowest BCUT2D eigenvalue weighted by molar-refractivity contribution is 0.514. The summed E-state index contributed by atoms with van der Waals surface area (Å²) < 4.78 is 18.4. The van der Waals surface area contributed by atoms with Crippen LogP contribution in [0.5, 0.6) is 0 Å². The van der Waals surface area contributed by atoms with Gasteiger partial charge in [0, 0.05) is 25.1 Å². The Labute approximate surface area is 92.7 Å². The maximum absolute atomic E-state index is 12.9. The van der Waals surface area contributed by atoms with Gasteiger partial charge in [0.25, 0.3) is 0 Å². The highest BCUT2D eigenvalue weighted by molar-refractivity contribution is 5.72. The van der Waals surface area contributed by atoms with Crippen LogP contribution >= 0.6 is 0 Å². The monoisotopic (exact) mass is 220 g/mol. The Balaban J connectivity index is 1.71. The fourth-order valence-corrected chi connectivity index (χ4v) is 1.73. The Kier molecular flexibility index (Phi) is 2.36. The van der Waals surface area contributed by atoms with Crippen molar-refractivity contribution in [2.75, 3.05) is 6.54 Å². The number of nitrogens with one attached hydrogen (secondary N) is 1. The predicted octanol–water partition coefficient (Wildman–Crippen LogP) is 2.26. The molecule has 0 atom stereocenters. The standard InChI is InChI=1S/C12H13FN2O/c13-8-1-4-11-10(7-8)15-12(16-11)5-6-14-9-2-3-9/h1,4,7,9,14H,2-3,5-6H2. The molecule has 1 fully saturated rings. The van der Waals surface area contributed by atoms with Gasteiger partial charge in [0.1, 0.15) is 11.3 Å². The highest BCUT2D eigenvalue weighted by Crippen LogP contribution is 2.19. The fraction of sp³-hybridized carbons (Fsp3) is 0.417. The number of hydrogen-bond acceptors (Lipinski definition) is 3. The Hall–Kier alpha value is -1.42. The maximum atomic E-state index is 12.9. The fourth-order valence-electron chi connectivity index (χ4n) is 1.73. The van der Waals surface area contributed by atoms with E-state index in [0.29, 0.717) is 23.0 Å². The van der Waals surface area contributed by atoms with Crippen LogP contribution in [0.25, 0.3) is 11.1 Å². The maximum Gasteiger partial charge on any atom is 0.196 e. The first-order valence-corrected chi connectivity index (χ1v) is 5.59. The zero-order chi connectivity index (χ0) is 11.0. The van der Waals surface area contributed by atoms with Crippen molar-refractivity contribution in [3.63, 3.8) is 0 Å². The van der Waals surface area contributed by atoms with E-state index in [1.807, 2.05) is 0 Å². The van der Waals surface area contributed by atoms with Crippen molar-refractivity contribution in [2.24, 2.45) is 0 Å². The van der Waals surface area contributed by atoms with Crippen LogP contribution in [0.3, 0.4) is 0 Å². The summed E-state index contributed by atoms with van der Waals surface area (Å²) in [5.74, 6) is 0.400. The second kappa shape index (κ2) is 3.87. The Morgan fingerprint density at radius 3 is 3.12 bits per heavy atom. The lowest BCUT2D eigenvalue weighted by Gasteiger charge is -1.97. The minimum atomic E-state index is -0.275. The third kappa shape index (κ3) is 2.07. The van der Waals surface area contributed by atoms with E-state index in [9.17, 15) is 4.39 Å². The molecular formula is C12H13FN2O. The van der Waals surface area contributed by atoms with Gasteiger partial charge in [0.2, 0.25) is 0 Å². The van der Waals surface area contributed by atoms with Gasteiger partial charge in [-0.3, -0.25) is 0 Å². The molecule has 1 aliphatic rings. The van der Waals surface area contributed by atoms with Gasteiger partial charge in [-0.15, -0.1) is 0 Å². The molecule has 0 unspecified atom stereocenters. The minimum absolute atomic E-state index is 0.275. The molecule has 16 heavy (non-hydrogen) atoms. The van der Waals surface area contributed by atoms with E-state index in [2.05, 4.69) is 10.3 Å². The molecule has 1 saturated carbocycles. The van der Waals surface area contributed by atoms with Gasteiger partial charge in [0.15, 0.2) is 11.5 Å². The number of aromatic nitrogens is 1. The molecule has 0 saturated heterocycles. The topological polar surface area (TPSA) is 38.1 Å². The van der Waals surface area contributed by atoms with Gasteiger partial charge in [-0.25, -0.2) is 9.37 Å². The first-order chi connectivity index (χ1) is 7.81. The van der Waals surface area contributed by atoms with Crippen LogP contribution in [-0.4, -0.2) is 17.6 Å². The number of rotatable bonds is 4. The molecule has 0 bridgehead atoms. The van der Waals surface area contributed by atoms with Crippen molar-refractivity contribution in [3.8, 4) is 0 Å². The number of benzene rings is 1. The summed E-state index contributed by atoms with van der Waals surface area (Å²) in [6.45, 7) is 0.875. The molecule has 1 heterocycles. The van der Waals surface area contributed by atoms with Crippen LogP contribution < -0.4 is 5.32 Å². The zero-order valence-electron chi connectivity index (χ0n) is 8.87. The number of fused-ring (bicyclic) bond motifs is 1. The number of oxazole rings is 1. The SMILES string of the molecule is Fc1ccc2oc(CCNC3CC3)nc2c1. The van der Waals surface area contributed by atoms with E-state index < -0.39 is 0 Å². The summed E-state index contributed by atoms with van der Waals surface area (Å²) in [4.78, 5) is 4.24. The predicted molar refractivity (Wildman–Crippen MR) is 58.7 cm³/mol. The highest BCUT2D eigenvalue weighted by atomic mass is 19.1. The van der Waals surface area contributed by atoms with Crippen LogP contribution in [-0.2, 0) is 6.42 Å². The van der Waals surface area contributed by atoms with Crippen molar-refractivity contribution in [1.29, 1.82) is 0 Å². The summed E-state index contributed by atoms with van der Waals surface area (Å²) in [6.07, 6.45) is 3.31. The molecule has 3 rings (SSSR count). The normalized spacial score (nSPS) is 15.8. The quantitative estimate of drug-likeness (QED) is 0.858. The van der Waals surface area contributed by atoms with Gasteiger partial charge in [-0.1, -0.05) is 0 Å². The van der Waals surface area contributed by atoms with Gasteiger partial charge in [0.05, 0.1) is 0 Å². The number of halogens is 1. The molecule has 84 valence electrons. The van der Waals surface area contributed by atoms with Gasteiger partial charge < -0.3 is 9.73 Å². The molecule has 0 aliphatic heterocycles. The molecule has 0 spiro atoms. The minimum Gasteiger partial charge on any atom is -0.441 e. The van der Waals surface area contributed by atoms with Crippen LogP contribution in [0.1, 0.15) is 18.7 Å². The lowest BCUT2D eigenvalue weighted by Crippen LogP contribution is -2.19. The lowest BCUT2D eigenvalue weighted by atomic mass is 10.3. The van der Waals surface area contributed by atoms with E-state index in [4.69, 9.17) is 4.42 Å². The third-order valence-corrected chi connectivity index (χ3v) is 2.74. The molecule has 3 nitrogen and oxygen atoms in total. The molecular weight excluding hydrogens is 207 g/mol. The molecule has 1 N–H and O–H groups in total. The largest absolute Gasteiger partial charge is 0.441 e. The van der Waals surface area contributed by atoms with Crippen molar-refractivity contribution in [3.05, 3.63) is 29.9 Å². The number of hydrogen-bond donors (Lipinski definition) is 1. The Morgan fingerprint density at radius 2 is 2.31 bits per heavy atom. The smallest absolute Gasteiger partial charge is 0.196 e. The average Bonchev–Trinajstić information content (AvgIpc) is 2.98. The third-order valence-electron chi connectivity index (χ3n) is 2.74. The average molecular weight is 220 g/mol. The molecule has 1 aliphatic carbocycles. The van der Waals surface area contributed by atoms with E-state index in [1.165, 1.54) is 25.0 Å². The highest BCUT2D eigenvalue weighted by Gasteiger charge is 2.20. The summed E-state index contributed by atoms with van der Waals surface area (Å²) in [7, 11) is 0. The second-order valence-electron chi connectivity index (χ2n) is 4.20. The van der Waals surface area contributed by atoms with Gasteiger partial charge >= 0.3 is 0 Å².